The maximum atomic E-state index is 13.1. The molecule has 0 aliphatic rings. The van der Waals surface area contributed by atoms with Crippen LogP contribution in [-0.4, -0.2) is 40.1 Å². The molecule has 1 aromatic carbocycles. The minimum Gasteiger partial charge on any atom is -0.481 e. The number of ether oxygens (including phenoxy) is 1. The Morgan fingerprint density at radius 2 is 1.96 bits per heavy atom. The molecular weight excluding hydrogens is 326 g/mol. The number of hydrogen-bond donors (Lipinski definition) is 1. The molecule has 0 radical (unpaired) electrons. The van der Waals surface area contributed by atoms with Crippen molar-refractivity contribution < 1.29 is 13.2 Å². The number of nitrogens with zero attached hydrogens (tertiary/aromatic N) is 2. The van der Waals surface area contributed by atoms with Crippen LogP contribution in [0, 0.1) is 6.92 Å². The average Bonchev–Trinajstić information content (AvgIpc) is 2.59. The van der Waals surface area contributed by atoms with Crippen LogP contribution in [0.1, 0.15) is 12.5 Å². The van der Waals surface area contributed by atoms with Crippen molar-refractivity contribution in [2.45, 2.75) is 18.7 Å². The first-order chi connectivity index (χ1) is 11.5. The second-order valence-electron chi connectivity index (χ2n) is 5.25. The van der Waals surface area contributed by atoms with Gasteiger partial charge >= 0.3 is 0 Å². The Kier molecular flexibility index (Phi) is 6.16. The normalized spacial score (nSPS) is 11.3. The second kappa shape index (κ2) is 8.12. The molecule has 0 amide bonds. The van der Waals surface area contributed by atoms with Gasteiger partial charge in [0.25, 0.3) is 10.0 Å². The zero-order valence-electron chi connectivity index (χ0n) is 14.2. The monoisotopic (exact) mass is 349 g/mol. The Morgan fingerprint density at radius 1 is 1.21 bits per heavy atom. The van der Waals surface area contributed by atoms with Crippen LogP contribution in [0.15, 0.2) is 47.5 Å². The van der Waals surface area contributed by atoms with Crippen LogP contribution in [0.4, 0.5) is 5.69 Å². The van der Waals surface area contributed by atoms with Gasteiger partial charge < -0.3 is 10.1 Å². The van der Waals surface area contributed by atoms with Gasteiger partial charge in [-0.2, -0.15) is 0 Å². The zero-order valence-corrected chi connectivity index (χ0v) is 15.0. The molecule has 0 aliphatic heterocycles. The molecule has 0 unspecified atom stereocenters. The van der Waals surface area contributed by atoms with Crippen molar-refractivity contribution in [3.05, 3.63) is 48.2 Å². The number of aromatic nitrogens is 1. The number of likely N-dealkylation sites (N-methyl/N-ethyl adjacent to an activating group) is 1. The summed E-state index contributed by atoms with van der Waals surface area (Å²) >= 11 is 0. The molecule has 130 valence electrons. The summed E-state index contributed by atoms with van der Waals surface area (Å²) < 4.78 is 32.7. The molecule has 1 N–H and O–H groups in total. The van der Waals surface area contributed by atoms with E-state index >= 15 is 0 Å². The van der Waals surface area contributed by atoms with E-state index in [1.54, 1.807) is 37.3 Å². The Labute approximate surface area is 143 Å². The predicted octanol–water partition coefficient (Wildman–Crippen LogP) is 2.20. The van der Waals surface area contributed by atoms with Crippen molar-refractivity contribution in [3.63, 3.8) is 0 Å². The van der Waals surface area contributed by atoms with E-state index in [2.05, 4.69) is 10.3 Å². The molecule has 0 aliphatic carbocycles. The number of aryl methyl sites for hydroxylation is 1. The van der Waals surface area contributed by atoms with Crippen molar-refractivity contribution >= 4 is 15.7 Å². The van der Waals surface area contributed by atoms with Gasteiger partial charge in [-0.05, 0) is 31.2 Å². The third-order valence-electron chi connectivity index (χ3n) is 3.62. The molecule has 2 aromatic rings. The van der Waals surface area contributed by atoms with Crippen LogP contribution in [0.3, 0.4) is 0 Å². The van der Waals surface area contributed by atoms with Crippen molar-refractivity contribution in [3.8, 4) is 5.88 Å². The van der Waals surface area contributed by atoms with Gasteiger partial charge in [0.15, 0.2) is 0 Å². The van der Waals surface area contributed by atoms with Gasteiger partial charge in [0.05, 0.1) is 23.9 Å². The summed E-state index contributed by atoms with van der Waals surface area (Å²) in [6.07, 6.45) is 1.51. The van der Waals surface area contributed by atoms with Gasteiger partial charge in [0.2, 0.25) is 5.88 Å². The van der Waals surface area contributed by atoms with Crippen LogP contribution in [0.25, 0.3) is 0 Å². The van der Waals surface area contributed by atoms with E-state index in [4.69, 9.17) is 4.74 Å². The molecule has 6 nitrogen and oxygen atoms in total. The number of methoxy groups -OCH3 is 1. The highest BCUT2D eigenvalue weighted by molar-refractivity contribution is 7.92. The van der Waals surface area contributed by atoms with E-state index < -0.39 is 10.0 Å². The van der Waals surface area contributed by atoms with Crippen molar-refractivity contribution in [1.82, 2.24) is 10.3 Å². The van der Waals surface area contributed by atoms with Crippen LogP contribution in [0.2, 0.25) is 0 Å². The lowest BCUT2D eigenvalue weighted by Gasteiger charge is -2.25. The van der Waals surface area contributed by atoms with Gasteiger partial charge in [-0.15, -0.1) is 0 Å². The lowest BCUT2D eigenvalue weighted by molar-refractivity contribution is 0.398. The second-order valence-corrected chi connectivity index (χ2v) is 7.09. The standard InChI is InChI=1S/C17H23N3O3S/c1-4-18-11-12-20(15-9-10-17(23-3)19-13-15)24(21,22)16-8-6-5-7-14(16)2/h5-10,13,18H,4,11-12H2,1-3H3. The fraction of sp³-hybridized carbons (Fsp3) is 0.353. The summed E-state index contributed by atoms with van der Waals surface area (Å²) in [5.41, 5.74) is 1.23. The number of hydrogen-bond acceptors (Lipinski definition) is 5. The summed E-state index contributed by atoms with van der Waals surface area (Å²) in [7, 11) is -2.15. The van der Waals surface area contributed by atoms with E-state index in [-0.39, 0.29) is 0 Å². The van der Waals surface area contributed by atoms with E-state index in [0.717, 1.165) is 6.54 Å². The smallest absolute Gasteiger partial charge is 0.264 e. The predicted molar refractivity (Wildman–Crippen MR) is 95.0 cm³/mol. The first-order valence-corrected chi connectivity index (χ1v) is 9.24. The molecule has 0 spiro atoms. The van der Waals surface area contributed by atoms with Crippen LogP contribution < -0.4 is 14.4 Å². The van der Waals surface area contributed by atoms with Crippen molar-refractivity contribution in [2.75, 3.05) is 31.0 Å². The number of rotatable bonds is 8. The molecule has 24 heavy (non-hydrogen) atoms. The highest BCUT2D eigenvalue weighted by Gasteiger charge is 2.26. The molecule has 7 heteroatoms. The SMILES string of the molecule is CCNCCN(c1ccc(OC)nc1)S(=O)(=O)c1ccccc1C. The minimum atomic E-state index is -3.67. The Hall–Kier alpha value is -2.12. The van der Waals surface area contributed by atoms with Crippen molar-refractivity contribution in [2.24, 2.45) is 0 Å². The Balaban J connectivity index is 2.42. The highest BCUT2D eigenvalue weighted by atomic mass is 32.2. The largest absolute Gasteiger partial charge is 0.481 e. The van der Waals surface area contributed by atoms with Gasteiger partial charge in [-0.3, -0.25) is 4.31 Å². The average molecular weight is 349 g/mol. The maximum absolute atomic E-state index is 13.1. The van der Waals surface area contributed by atoms with Crippen LogP contribution in [-0.2, 0) is 10.0 Å². The maximum Gasteiger partial charge on any atom is 0.264 e. The lowest BCUT2D eigenvalue weighted by atomic mass is 10.2. The summed E-state index contributed by atoms with van der Waals surface area (Å²) in [4.78, 5) is 4.43. The van der Waals surface area contributed by atoms with Gasteiger partial charge in [0, 0.05) is 19.2 Å². The minimum absolute atomic E-state index is 0.303. The molecule has 0 saturated carbocycles. The molecular formula is C17H23N3O3S. The van der Waals surface area contributed by atoms with Gasteiger partial charge in [-0.25, -0.2) is 13.4 Å². The Bertz CT molecular complexity index is 761. The highest BCUT2D eigenvalue weighted by Crippen LogP contribution is 2.25. The lowest BCUT2D eigenvalue weighted by Crippen LogP contribution is -2.37. The third-order valence-corrected chi connectivity index (χ3v) is 5.61. The van der Waals surface area contributed by atoms with E-state index in [9.17, 15) is 8.42 Å². The van der Waals surface area contributed by atoms with Crippen LogP contribution in [0.5, 0.6) is 5.88 Å². The number of anilines is 1. The molecule has 2 rings (SSSR count). The molecule has 0 bridgehead atoms. The number of pyridine rings is 1. The summed E-state index contributed by atoms with van der Waals surface area (Å²) in [6, 6.07) is 10.3. The Morgan fingerprint density at radius 3 is 2.54 bits per heavy atom. The molecule has 0 fully saturated rings. The van der Waals surface area contributed by atoms with Gasteiger partial charge in [0.1, 0.15) is 0 Å². The van der Waals surface area contributed by atoms with E-state index in [1.165, 1.54) is 17.6 Å². The van der Waals surface area contributed by atoms with Crippen molar-refractivity contribution in [1.29, 1.82) is 0 Å². The van der Waals surface area contributed by atoms with E-state index in [1.807, 2.05) is 13.0 Å². The third kappa shape index (κ3) is 4.04. The summed E-state index contributed by atoms with van der Waals surface area (Å²) in [6.45, 7) is 5.42. The topological polar surface area (TPSA) is 71.5 Å². The molecule has 1 aromatic heterocycles. The molecule has 1 heterocycles. The summed E-state index contributed by atoms with van der Waals surface area (Å²) in [5.74, 6) is 0.443. The first-order valence-electron chi connectivity index (χ1n) is 7.79. The number of nitrogens with one attached hydrogen (secondary N) is 1. The molecule has 0 atom stereocenters. The quantitative estimate of drug-likeness (QED) is 0.740. The summed E-state index contributed by atoms with van der Waals surface area (Å²) in [5, 5.41) is 3.16. The first kappa shape index (κ1) is 18.2. The van der Waals surface area contributed by atoms with E-state index in [0.29, 0.717) is 35.1 Å². The molecule has 0 saturated heterocycles. The number of benzene rings is 1. The van der Waals surface area contributed by atoms with Crippen LogP contribution >= 0.6 is 0 Å². The zero-order chi connectivity index (χ0) is 17.6. The van der Waals surface area contributed by atoms with Gasteiger partial charge in [-0.1, -0.05) is 25.1 Å². The fourth-order valence-corrected chi connectivity index (χ4v) is 4.03. The fourth-order valence-electron chi connectivity index (χ4n) is 2.35. The number of sulfonamides is 1.